The molecule has 0 fully saturated rings. The van der Waals surface area contributed by atoms with Gasteiger partial charge in [0, 0.05) is 18.9 Å². The Bertz CT molecular complexity index is 778. The van der Waals surface area contributed by atoms with E-state index in [1.54, 1.807) is 18.4 Å². The van der Waals surface area contributed by atoms with Gasteiger partial charge in [0.1, 0.15) is 9.81 Å². The monoisotopic (exact) mass is 362 g/mol. The molecule has 0 amide bonds. The number of sulfone groups is 1. The number of hydrogen-bond acceptors (Lipinski definition) is 8. The lowest BCUT2D eigenvalue weighted by Crippen LogP contribution is -2.30. The van der Waals surface area contributed by atoms with E-state index >= 15 is 0 Å². The Morgan fingerprint density at radius 1 is 1.50 bits per heavy atom. The van der Waals surface area contributed by atoms with Gasteiger partial charge in [-0.15, -0.1) is 0 Å². The van der Waals surface area contributed by atoms with E-state index in [4.69, 9.17) is 0 Å². The van der Waals surface area contributed by atoms with E-state index in [0.29, 0.717) is 5.56 Å². The van der Waals surface area contributed by atoms with Gasteiger partial charge in [-0.3, -0.25) is 10.1 Å². The third-order valence-corrected chi connectivity index (χ3v) is 6.56. The maximum Gasteiger partial charge on any atom is 0.304 e. The minimum atomic E-state index is -3.52. The van der Waals surface area contributed by atoms with Crippen LogP contribution in [0.2, 0.25) is 0 Å². The molecule has 0 spiro atoms. The Labute approximate surface area is 135 Å². The number of nitrogens with zero attached hydrogens (tertiary/aromatic N) is 1. The first-order valence-electron chi connectivity index (χ1n) is 6.08. The van der Waals surface area contributed by atoms with Crippen molar-refractivity contribution in [3.63, 3.8) is 0 Å². The van der Waals surface area contributed by atoms with E-state index in [-0.39, 0.29) is 21.4 Å². The maximum absolute atomic E-state index is 11.5. The summed E-state index contributed by atoms with van der Waals surface area (Å²) in [5.74, 6) is 0. The van der Waals surface area contributed by atoms with Crippen LogP contribution in [0, 0.1) is 10.1 Å². The van der Waals surface area contributed by atoms with E-state index in [1.165, 1.54) is 11.3 Å². The van der Waals surface area contributed by atoms with Gasteiger partial charge < -0.3 is 10.4 Å². The van der Waals surface area contributed by atoms with Crippen molar-refractivity contribution >= 4 is 43.2 Å². The van der Waals surface area contributed by atoms with Gasteiger partial charge >= 0.3 is 5.69 Å². The summed E-state index contributed by atoms with van der Waals surface area (Å²) in [6, 6.07) is 2.79. The lowest BCUT2D eigenvalue weighted by atomic mass is 9.99. The summed E-state index contributed by atoms with van der Waals surface area (Å²) in [6.45, 7) is 1.60. The topological polar surface area (TPSA) is 110 Å². The highest BCUT2D eigenvalue weighted by Crippen LogP contribution is 2.37. The standard InChI is InChI=1S/C12H14N2O5S3/c1-12(15,8-3-4-20-6-8)7-13-11-9(14(16)17)5-10(21-11)22(2,18)19/h3-6,13,15H,7H2,1-2H3. The molecule has 1 atom stereocenters. The largest absolute Gasteiger partial charge is 0.384 e. The van der Waals surface area contributed by atoms with Crippen LogP contribution in [0.5, 0.6) is 0 Å². The molecule has 2 rings (SSSR count). The Hall–Kier alpha value is -1.49. The minimum absolute atomic E-state index is 0.0221. The quantitative estimate of drug-likeness (QED) is 0.603. The van der Waals surface area contributed by atoms with E-state index in [9.17, 15) is 23.6 Å². The summed E-state index contributed by atoms with van der Waals surface area (Å²) < 4.78 is 23.0. The van der Waals surface area contributed by atoms with E-state index < -0.39 is 20.4 Å². The number of aliphatic hydroxyl groups is 1. The molecule has 0 saturated heterocycles. The van der Waals surface area contributed by atoms with E-state index in [2.05, 4.69) is 5.32 Å². The Morgan fingerprint density at radius 3 is 2.68 bits per heavy atom. The molecule has 22 heavy (non-hydrogen) atoms. The smallest absolute Gasteiger partial charge is 0.304 e. The van der Waals surface area contributed by atoms with E-state index in [0.717, 1.165) is 23.7 Å². The first-order valence-corrected chi connectivity index (χ1v) is 9.73. The van der Waals surface area contributed by atoms with Crippen molar-refractivity contribution in [3.8, 4) is 0 Å². The van der Waals surface area contributed by atoms with Crippen LogP contribution in [0.25, 0.3) is 0 Å². The molecule has 7 nitrogen and oxygen atoms in total. The Balaban J connectivity index is 2.26. The molecule has 2 heterocycles. The first-order chi connectivity index (χ1) is 10.1. The summed E-state index contributed by atoms with van der Waals surface area (Å²) in [7, 11) is -3.52. The second kappa shape index (κ2) is 5.95. The van der Waals surface area contributed by atoms with Crippen LogP contribution in [-0.4, -0.2) is 31.2 Å². The third kappa shape index (κ3) is 3.64. The van der Waals surface area contributed by atoms with Crippen molar-refractivity contribution in [1.82, 2.24) is 0 Å². The molecule has 0 aliphatic rings. The Morgan fingerprint density at radius 2 is 2.18 bits per heavy atom. The third-order valence-electron chi connectivity index (χ3n) is 2.99. The van der Waals surface area contributed by atoms with Crippen molar-refractivity contribution in [3.05, 3.63) is 38.6 Å². The molecule has 2 N–H and O–H groups in total. The second-order valence-corrected chi connectivity index (χ2v) is 9.02. The number of thiophene rings is 2. The zero-order valence-electron chi connectivity index (χ0n) is 11.8. The van der Waals surface area contributed by atoms with Crippen molar-refractivity contribution in [2.24, 2.45) is 0 Å². The SMILES string of the molecule is CC(O)(CNc1sc(S(C)(=O)=O)cc1[N+](=O)[O-])c1ccsc1. The summed E-state index contributed by atoms with van der Waals surface area (Å²) in [5, 5.41) is 27.9. The normalized spacial score (nSPS) is 14.5. The van der Waals surface area contributed by atoms with Crippen molar-refractivity contribution in [2.75, 3.05) is 18.1 Å². The average Bonchev–Trinajstić information content (AvgIpc) is 3.05. The van der Waals surface area contributed by atoms with E-state index in [1.807, 2.05) is 5.38 Å². The number of nitro groups is 1. The Kier molecular flexibility index (Phi) is 4.57. The molecule has 0 aliphatic heterocycles. The summed E-state index contributed by atoms with van der Waals surface area (Å²) in [4.78, 5) is 10.4. The lowest BCUT2D eigenvalue weighted by molar-refractivity contribution is -0.383. The van der Waals surface area contributed by atoms with Crippen LogP contribution in [-0.2, 0) is 15.4 Å². The van der Waals surface area contributed by atoms with Gasteiger partial charge in [0.15, 0.2) is 14.8 Å². The fraction of sp³-hybridized carbons (Fsp3) is 0.333. The summed E-state index contributed by atoms with van der Waals surface area (Å²) in [5.41, 5.74) is -0.845. The van der Waals surface area contributed by atoms with Crippen molar-refractivity contribution < 1.29 is 18.4 Å². The van der Waals surface area contributed by atoms with Gasteiger partial charge in [0.25, 0.3) is 0 Å². The molecule has 1 unspecified atom stereocenters. The molecular formula is C12H14N2O5S3. The highest BCUT2D eigenvalue weighted by atomic mass is 32.2. The van der Waals surface area contributed by atoms with Gasteiger partial charge in [-0.2, -0.15) is 11.3 Å². The maximum atomic E-state index is 11.5. The highest BCUT2D eigenvalue weighted by molar-refractivity contribution is 7.92. The lowest BCUT2D eigenvalue weighted by Gasteiger charge is -2.22. The van der Waals surface area contributed by atoms with Crippen molar-refractivity contribution in [2.45, 2.75) is 16.7 Å². The molecular weight excluding hydrogens is 348 g/mol. The van der Waals surface area contributed by atoms with Gasteiger partial charge in [-0.05, 0) is 29.3 Å². The molecule has 10 heteroatoms. The van der Waals surface area contributed by atoms with Crippen LogP contribution < -0.4 is 5.32 Å². The fourth-order valence-electron chi connectivity index (χ4n) is 1.73. The zero-order valence-corrected chi connectivity index (χ0v) is 14.2. The van der Waals surface area contributed by atoms with Gasteiger partial charge in [0.05, 0.1) is 4.92 Å². The second-order valence-electron chi connectivity index (χ2n) is 4.95. The molecule has 2 aromatic heterocycles. The van der Waals surface area contributed by atoms with Crippen LogP contribution in [0.4, 0.5) is 10.7 Å². The molecule has 0 radical (unpaired) electrons. The molecule has 120 valence electrons. The first kappa shape index (κ1) is 16.9. The molecule has 0 bridgehead atoms. The minimum Gasteiger partial charge on any atom is -0.384 e. The predicted molar refractivity (Wildman–Crippen MR) is 86.5 cm³/mol. The summed E-state index contributed by atoms with van der Waals surface area (Å²) in [6.07, 6.45) is 0.994. The summed E-state index contributed by atoms with van der Waals surface area (Å²) >= 11 is 2.21. The van der Waals surface area contributed by atoms with Crippen LogP contribution in [0.1, 0.15) is 12.5 Å². The van der Waals surface area contributed by atoms with Crippen molar-refractivity contribution in [1.29, 1.82) is 0 Å². The highest BCUT2D eigenvalue weighted by Gasteiger charge is 2.28. The van der Waals surface area contributed by atoms with Gasteiger partial charge in [-0.25, -0.2) is 8.42 Å². The number of nitrogens with one attached hydrogen (secondary N) is 1. The molecule has 0 aliphatic carbocycles. The van der Waals surface area contributed by atoms with Gasteiger partial charge in [0.2, 0.25) is 0 Å². The molecule has 0 aromatic carbocycles. The predicted octanol–water partition coefficient (Wildman–Crippen LogP) is 2.44. The van der Waals surface area contributed by atoms with Gasteiger partial charge in [-0.1, -0.05) is 11.3 Å². The molecule has 0 saturated carbocycles. The molecule has 2 aromatic rings. The van der Waals surface area contributed by atoms with Crippen LogP contribution in [0.15, 0.2) is 27.1 Å². The number of rotatable bonds is 6. The zero-order chi connectivity index (χ0) is 16.5. The van der Waals surface area contributed by atoms with Crippen LogP contribution >= 0.6 is 22.7 Å². The van der Waals surface area contributed by atoms with Crippen LogP contribution in [0.3, 0.4) is 0 Å². The fourth-order valence-corrected chi connectivity index (χ4v) is 4.45. The average molecular weight is 362 g/mol. The number of anilines is 1. The number of hydrogen-bond donors (Lipinski definition) is 2.